The molecule has 1 saturated heterocycles. The third-order valence-electron chi connectivity index (χ3n) is 6.78. The van der Waals surface area contributed by atoms with E-state index in [0.29, 0.717) is 36.6 Å². The molecular weight excluding hydrogens is 502 g/mol. The number of hydrogen-bond acceptors (Lipinski definition) is 4. The molecule has 1 aromatic heterocycles. The van der Waals surface area contributed by atoms with Crippen LogP contribution < -0.4 is 5.32 Å². The van der Waals surface area contributed by atoms with E-state index in [1.807, 2.05) is 89.1 Å². The Balaban J connectivity index is 1.16. The van der Waals surface area contributed by atoms with Crippen LogP contribution in [0, 0.1) is 0 Å². The molecule has 7 heteroatoms. The van der Waals surface area contributed by atoms with Crippen molar-refractivity contribution in [1.29, 1.82) is 0 Å². The van der Waals surface area contributed by atoms with E-state index in [1.165, 1.54) is 11.3 Å². The van der Waals surface area contributed by atoms with Crippen LogP contribution in [0.2, 0.25) is 5.02 Å². The van der Waals surface area contributed by atoms with Gasteiger partial charge in [0.15, 0.2) is 0 Å². The standard InChI is InChI=1S/C30H28ClN3O2S/c31-25-12-6-4-10-22(25)14-15-28(35)34-18-16-23(17-19-34)30-33-27(20-37-30)29(36)32-26-13-7-5-11-24(26)21-8-2-1-3-9-21/h1-13,20,23H,14-19H2,(H,32,36). The van der Waals surface area contributed by atoms with Gasteiger partial charge in [0.25, 0.3) is 5.91 Å². The summed E-state index contributed by atoms with van der Waals surface area (Å²) in [4.78, 5) is 32.4. The predicted octanol–water partition coefficient (Wildman–Crippen LogP) is 7.05. The Morgan fingerprint density at radius 2 is 1.65 bits per heavy atom. The van der Waals surface area contributed by atoms with Crippen molar-refractivity contribution >= 4 is 40.4 Å². The highest BCUT2D eigenvalue weighted by atomic mass is 35.5. The van der Waals surface area contributed by atoms with Crippen LogP contribution in [0.4, 0.5) is 5.69 Å². The number of piperidine rings is 1. The van der Waals surface area contributed by atoms with Crippen LogP contribution in [0.5, 0.6) is 0 Å². The van der Waals surface area contributed by atoms with Gasteiger partial charge < -0.3 is 10.2 Å². The highest BCUT2D eigenvalue weighted by Crippen LogP contribution is 2.32. The summed E-state index contributed by atoms with van der Waals surface area (Å²) in [6.07, 6.45) is 2.81. The van der Waals surface area contributed by atoms with Crippen molar-refractivity contribution < 1.29 is 9.59 Å². The molecule has 5 rings (SSSR count). The molecule has 1 aliphatic heterocycles. The van der Waals surface area contributed by atoms with Crippen LogP contribution >= 0.6 is 22.9 Å². The van der Waals surface area contributed by atoms with E-state index in [0.717, 1.165) is 40.2 Å². The maximum absolute atomic E-state index is 13.0. The lowest BCUT2D eigenvalue weighted by molar-refractivity contribution is -0.132. The van der Waals surface area contributed by atoms with E-state index in [-0.39, 0.29) is 17.7 Å². The van der Waals surface area contributed by atoms with Gasteiger partial charge in [0.1, 0.15) is 5.69 Å². The van der Waals surface area contributed by atoms with Crippen molar-refractivity contribution in [2.75, 3.05) is 18.4 Å². The van der Waals surface area contributed by atoms with Gasteiger partial charge in [0, 0.05) is 47.1 Å². The number of likely N-dealkylation sites (tertiary alicyclic amines) is 1. The van der Waals surface area contributed by atoms with Crippen LogP contribution in [0.25, 0.3) is 11.1 Å². The molecular formula is C30H28ClN3O2S. The molecule has 1 aliphatic rings. The Morgan fingerprint density at radius 1 is 0.946 bits per heavy atom. The molecule has 0 bridgehead atoms. The third kappa shape index (κ3) is 6.09. The summed E-state index contributed by atoms with van der Waals surface area (Å²) >= 11 is 7.75. The monoisotopic (exact) mass is 529 g/mol. The molecule has 37 heavy (non-hydrogen) atoms. The first-order valence-corrected chi connectivity index (χ1v) is 13.8. The Morgan fingerprint density at radius 3 is 2.43 bits per heavy atom. The third-order valence-corrected chi connectivity index (χ3v) is 8.15. The van der Waals surface area contributed by atoms with Crippen LogP contribution in [0.15, 0.2) is 84.2 Å². The number of carbonyl (C=O) groups excluding carboxylic acids is 2. The number of carbonyl (C=O) groups is 2. The average molecular weight is 530 g/mol. The van der Waals surface area contributed by atoms with Crippen molar-refractivity contribution in [1.82, 2.24) is 9.88 Å². The molecule has 5 nitrogen and oxygen atoms in total. The first kappa shape index (κ1) is 25.2. The van der Waals surface area contributed by atoms with Crippen molar-refractivity contribution in [3.63, 3.8) is 0 Å². The molecule has 188 valence electrons. The van der Waals surface area contributed by atoms with Gasteiger partial charge in [0.05, 0.1) is 5.01 Å². The van der Waals surface area contributed by atoms with Gasteiger partial charge in [-0.1, -0.05) is 78.3 Å². The second-order valence-corrected chi connectivity index (χ2v) is 10.5. The van der Waals surface area contributed by atoms with Gasteiger partial charge in [-0.3, -0.25) is 9.59 Å². The smallest absolute Gasteiger partial charge is 0.275 e. The fourth-order valence-electron chi connectivity index (χ4n) is 4.70. The molecule has 4 aromatic rings. The van der Waals surface area contributed by atoms with Gasteiger partial charge in [-0.05, 0) is 42.5 Å². The number of rotatable bonds is 7. The molecule has 0 atom stereocenters. The number of halogens is 1. The Hall–Kier alpha value is -3.48. The highest BCUT2D eigenvalue weighted by Gasteiger charge is 2.26. The molecule has 2 amide bonds. The first-order chi connectivity index (χ1) is 18.1. The molecule has 1 N–H and O–H groups in total. The van der Waals surface area contributed by atoms with Gasteiger partial charge in [-0.2, -0.15) is 0 Å². The number of thiazole rings is 1. The lowest BCUT2D eigenvalue weighted by atomic mass is 9.97. The zero-order valence-electron chi connectivity index (χ0n) is 20.4. The first-order valence-electron chi connectivity index (χ1n) is 12.5. The molecule has 3 aromatic carbocycles. The van der Waals surface area contributed by atoms with E-state index in [9.17, 15) is 9.59 Å². The summed E-state index contributed by atoms with van der Waals surface area (Å²) in [5.41, 5.74) is 4.22. The number of hydrogen-bond donors (Lipinski definition) is 1. The summed E-state index contributed by atoms with van der Waals surface area (Å²) in [5.74, 6) is 0.212. The second kappa shape index (κ2) is 11.7. The molecule has 0 unspecified atom stereocenters. The average Bonchev–Trinajstić information content (AvgIpc) is 3.44. The van der Waals surface area contributed by atoms with Crippen molar-refractivity contribution in [2.45, 2.75) is 31.6 Å². The van der Waals surface area contributed by atoms with E-state index in [4.69, 9.17) is 11.6 Å². The van der Waals surface area contributed by atoms with Crippen LogP contribution in [0.1, 0.15) is 46.2 Å². The van der Waals surface area contributed by atoms with Crippen molar-refractivity contribution in [3.05, 3.63) is 106 Å². The topological polar surface area (TPSA) is 62.3 Å². The van der Waals surface area contributed by atoms with E-state index < -0.39 is 0 Å². The van der Waals surface area contributed by atoms with E-state index in [1.54, 1.807) is 0 Å². The SMILES string of the molecule is O=C(Nc1ccccc1-c1ccccc1)c1csc(C2CCN(C(=O)CCc3ccccc3Cl)CC2)n1. The summed E-state index contributed by atoms with van der Waals surface area (Å²) in [7, 11) is 0. The number of aryl methyl sites for hydroxylation is 1. The normalized spacial score (nSPS) is 13.9. The number of nitrogens with zero attached hydrogens (tertiary/aromatic N) is 2. The summed E-state index contributed by atoms with van der Waals surface area (Å²) < 4.78 is 0. The number of benzene rings is 3. The lowest BCUT2D eigenvalue weighted by Crippen LogP contribution is -2.38. The molecule has 0 saturated carbocycles. The summed E-state index contributed by atoms with van der Waals surface area (Å²) in [6.45, 7) is 1.41. The predicted molar refractivity (Wildman–Crippen MR) is 150 cm³/mol. The van der Waals surface area contributed by atoms with Crippen molar-refractivity contribution in [2.24, 2.45) is 0 Å². The van der Waals surface area contributed by atoms with Crippen molar-refractivity contribution in [3.8, 4) is 11.1 Å². The van der Waals surface area contributed by atoms with Crippen LogP contribution in [-0.2, 0) is 11.2 Å². The number of aromatic nitrogens is 1. The summed E-state index contributed by atoms with van der Waals surface area (Å²) in [6, 6.07) is 25.5. The number of anilines is 1. The van der Waals surface area contributed by atoms with Gasteiger partial charge in [0.2, 0.25) is 5.91 Å². The fraction of sp³-hybridized carbons (Fsp3) is 0.233. The number of amides is 2. The number of nitrogens with one attached hydrogen (secondary N) is 1. The van der Waals surface area contributed by atoms with Crippen LogP contribution in [-0.4, -0.2) is 34.8 Å². The Labute approximate surface area is 226 Å². The maximum Gasteiger partial charge on any atom is 0.275 e. The Bertz CT molecular complexity index is 1380. The molecule has 0 aliphatic carbocycles. The van der Waals surface area contributed by atoms with E-state index >= 15 is 0 Å². The van der Waals surface area contributed by atoms with Gasteiger partial charge in [-0.25, -0.2) is 4.98 Å². The number of para-hydroxylation sites is 1. The lowest BCUT2D eigenvalue weighted by Gasteiger charge is -2.31. The minimum atomic E-state index is -0.210. The minimum Gasteiger partial charge on any atom is -0.343 e. The van der Waals surface area contributed by atoms with E-state index in [2.05, 4.69) is 10.3 Å². The highest BCUT2D eigenvalue weighted by molar-refractivity contribution is 7.10. The quantitative estimate of drug-likeness (QED) is 0.279. The zero-order valence-corrected chi connectivity index (χ0v) is 22.0. The minimum absolute atomic E-state index is 0.162. The summed E-state index contributed by atoms with van der Waals surface area (Å²) in [5, 5.41) is 6.54. The van der Waals surface area contributed by atoms with Gasteiger partial charge >= 0.3 is 0 Å². The fourth-order valence-corrected chi connectivity index (χ4v) is 5.91. The molecule has 2 heterocycles. The second-order valence-electron chi connectivity index (χ2n) is 9.18. The Kier molecular flexibility index (Phi) is 7.97. The zero-order chi connectivity index (χ0) is 25.6. The van der Waals surface area contributed by atoms with Gasteiger partial charge in [-0.15, -0.1) is 11.3 Å². The van der Waals surface area contributed by atoms with Crippen LogP contribution in [0.3, 0.4) is 0 Å². The largest absolute Gasteiger partial charge is 0.343 e. The molecule has 1 fully saturated rings. The molecule has 0 spiro atoms. The molecule has 0 radical (unpaired) electrons. The maximum atomic E-state index is 13.0.